The van der Waals surface area contributed by atoms with E-state index < -0.39 is 9.84 Å². The zero-order valence-corrected chi connectivity index (χ0v) is 10.0. The van der Waals surface area contributed by atoms with Gasteiger partial charge in [0, 0.05) is 0 Å². The van der Waals surface area contributed by atoms with Gasteiger partial charge in [0.1, 0.15) is 0 Å². The highest BCUT2D eigenvalue weighted by Crippen LogP contribution is 2.24. The minimum atomic E-state index is -3.25. The maximum atomic E-state index is 11.4. The van der Waals surface area contributed by atoms with Crippen LogP contribution >= 0.6 is 0 Å². The average Bonchev–Trinajstić information content (AvgIpc) is 2.31. The van der Waals surface area contributed by atoms with E-state index in [4.69, 9.17) is 6.57 Å². The molecule has 0 unspecified atom stereocenters. The van der Waals surface area contributed by atoms with E-state index in [9.17, 15) is 8.42 Å². The van der Waals surface area contributed by atoms with Crippen molar-refractivity contribution in [2.45, 2.75) is 25.7 Å². The molecule has 0 heterocycles. The normalized spacial score (nSPS) is 9.73. The molecular formula is C11H15NO2S. The Morgan fingerprint density at radius 1 is 1.27 bits per heavy atom. The van der Waals surface area contributed by atoms with E-state index in [1.54, 1.807) is 19.1 Å². The molecule has 0 saturated carbocycles. The summed E-state index contributed by atoms with van der Waals surface area (Å²) in [7, 11) is -3.25. The first-order valence-electron chi connectivity index (χ1n) is 4.81. The standard InChI is InChI=1S/C9H9NO2S.C2H6/c1-3-13(11,12)9-7-5-4-6-8(9)10-2;1-2/h4-7H,3H2,1H3;1-2H3. The van der Waals surface area contributed by atoms with Crippen molar-refractivity contribution in [2.75, 3.05) is 5.75 Å². The van der Waals surface area contributed by atoms with Crippen molar-refractivity contribution in [3.8, 4) is 0 Å². The van der Waals surface area contributed by atoms with E-state index in [2.05, 4.69) is 4.85 Å². The van der Waals surface area contributed by atoms with Crippen LogP contribution in [0.3, 0.4) is 0 Å². The van der Waals surface area contributed by atoms with Crippen molar-refractivity contribution in [2.24, 2.45) is 0 Å². The number of rotatable bonds is 2. The van der Waals surface area contributed by atoms with Crippen LogP contribution in [-0.2, 0) is 9.84 Å². The van der Waals surface area contributed by atoms with Gasteiger partial charge in [0.25, 0.3) is 0 Å². The molecule has 1 aromatic carbocycles. The maximum absolute atomic E-state index is 11.4. The summed E-state index contributed by atoms with van der Waals surface area (Å²) < 4.78 is 22.9. The number of sulfone groups is 1. The molecule has 15 heavy (non-hydrogen) atoms. The summed E-state index contributed by atoms with van der Waals surface area (Å²) in [6.45, 7) is 12.4. The van der Waals surface area contributed by atoms with E-state index in [-0.39, 0.29) is 16.3 Å². The van der Waals surface area contributed by atoms with E-state index in [1.165, 1.54) is 12.1 Å². The molecule has 0 saturated heterocycles. The first-order chi connectivity index (χ1) is 7.11. The fraction of sp³-hybridized carbons (Fsp3) is 0.364. The second-order valence-electron chi connectivity index (χ2n) is 2.48. The lowest BCUT2D eigenvalue weighted by Gasteiger charge is -2.02. The van der Waals surface area contributed by atoms with Gasteiger partial charge in [-0.05, 0) is 0 Å². The first-order valence-corrected chi connectivity index (χ1v) is 6.46. The summed E-state index contributed by atoms with van der Waals surface area (Å²) in [5.41, 5.74) is 0.198. The van der Waals surface area contributed by atoms with Gasteiger partial charge in [0.2, 0.25) is 5.69 Å². The average molecular weight is 225 g/mol. The molecule has 3 nitrogen and oxygen atoms in total. The second kappa shape index (κ2) is 6.20. The topological polar surface area (TPSA) is 38.5 Å². The molecule has 0 aromatic heterocycles. The minimum absolute atomic E-state index is 0.0273. The molecular weight excluding hydrogens is 210 g/mol. The predicted octanol–water partition coefficient (Wildman–Crippen LogP) is 3.06. The molecule has 4 heteroatoms. The van der Waals surface area contributed by atoms with Crippen LogP contribution in [0, 0.1) is 6.57 Å². The molecule has 0 aliphatic rings. The number of hydrogen-bond donors (Lipinski definition) is 0. The molecule has 0 radical (unpaired) electrons. The van der Waals surface area contributed by atoms with Gasteiger partial charge in [-0.25, -0.2) is 13.3 Å². The molecule has 0 atom stereocenters. The summed E-state index contributed by atoms with van der Waals surface area (Å²) in [5.74, 6) is 0.0273. The number of para-hydroxylation sites is 1. The van der Waals surface area contributed by atoms with Crippen molar-refractivity contribution in [3.05, 3.63) is 35.7 Å². The van der Waals surface area contributed by atoms with Crippen molar-refractivity contribution in [3.63, 3.8) is 0 Å². The molecule has 0 fully saturated rings. The SMILES string of the molecule is CC.[C-]#[N+]c1ccccc1S(=O)(=O)CC. The lowest BCUT2D eigenvalue weighted by atomic mass is 10.3. The second-order valence-corrected chi connectivity index (χ2v) is 4.73. The van der Waals surface area contributed by atoms with Crippen LogP contribution in [-0.4, -0.2) is 14.2 Å². The molecule has 0 aliphatic heterocycles. The van der Waals surface area contributed by atoms with Crippen LogP contribution in [0.15, 0.2) is 29.2 Å². The quantitative estimate of drug-likeness (QED) is 0.725. The monoisotopic (exact) mass is 225 g/mol. The Balaban J connectivity index is 0.000000921. The van der Waals surface area contributed by atoms with Crippen LogP contribution in [0.5, 0.6) is 0 Å². The molecule has 0 N–H and O–H groups in total. The van der Waals surface area contributed by atoms with Crippen molar-refractivity contribution < 1.29 is 8.42 Å². The summed E-state index contributed by atoms with van der Waals surface area (Å²) >= 11 is 0. The van der Waals surface area contributed by atoms with E-state index in [0.29, 0.717) is 0 Å². The van der Waals surface area contributed by atoms with Crippen LogP contribution < -0.4 is 0 Å². The molecule has 1 aromatic rings. The third kappa shape index (κ3) is 3.37. The fourth-order valence-electron chi connectivity index (χ4n) is 0.968. The van der Waals surface area contributed by atoms with Gasteiger partial charge in [-0.15, -0.1) is 0 Å². The lowest BCUT2D eigenvalue weighted by Crippen LogP contribution is -2.03. The Morgan fingerprint density at radius 3 is 2.27 bits per heavy atom. The van der Waals surface area contributed by atoms with Gasteiger partial charge in [-0.2, -0.15) is 0 Å². The Morgan fingerprint density at radius 2 is 1.80 bits per heavy atom. The molecule has 0 amide bonds. The van der Waals surface area contributed by atoms with Crippen LogP contribution in [0.4, 0.5) is 5.69 Å². The summed E-state index contributed by atoms with van der Waals surface area (Å²) in [4.78, 5) is 3.29. The predicted molar refractivity (Wildman–Crippen MR) is 61.8 cm³/mol. The number of benzene rings is 1. The van der Waals surface area contributed by atoms with Gasteiger partial charge in [0.15, 0.2) is 9.84 Å². The van der Waals surface area contributed by atoms with Crippen molar-refractivity contribution in [1.29, 1.82) is 0 Å². The zero-order valence-electron chi connectivity index (χ0n) is 9.19. The van der Waals surface area contributed by atoms with Gasteiger partial charge in [-0.3, -0.25) is 0 Å². The third-order valence-corrected chi connectivity index (χ3v) is 3.48. The van der Waals surface area contributed by atoms with Gasteiger partial charge < -0.3 is 0 Å². The van der Waals surface area contributed by atoms with Crippen LogP contribution in [0.2, 0.25) is 0 Å². The lowest BCUT2D eigenvalue weighted by molar-refractivity contribution is 0.597. The maximum Gasteiger partial charge on any atom is 0.205 e. The molecule has 0 bridgehead atoms. The fourth-order valence-corrected chi connectivity index (χ4v) is 2.00. The minimum Gasteiger partial charge on any atom is -0.237 e. The van der Waals surface area contributed by atoms with Crippen molar-refractivity contribution in [1.82, 2.24) is 0 Å². The van der Waals surface area contributed by atoms with E-state index in [1.807, 2.05) is 13.8 Å². The molecule has 1 rings (SSSR count). The van der Waals surface area contributed by atoms with Gasteiger partial charge >= 0.3 is 0 Å². The Bertz CT molecular complexity index is 444. The highest BCUT2D eigenvalue weighted by Gasteiger charge is 2.15. The van der Waals surface area contributed by atoms with E-state index >= 15 is 0 Å². The van der Waals surface area contributed by atoms with Crippen molar-refractivity contribution >= 4 is 15.5 Å². The van der Waals surface area contributed by atoms with Crippen LogP contribution in [0.25, 0.3) is 4.85 Å². The van der Waals surface area contributed by atoms with Crippen LogP contribution in [0.1, 0.15) is 20.8 Å². The third-order valence-electron chi connectivity index (χ3n) is 1.70. The molecule has 82 valence electrons. The van der Waals surface area contributed by atoms with E-state index in [0.717, 1.165) is 0 Å². The van der Waals surface area contributed by atoms with Gasteiger partial charge in [0.05, 0.1) is 17.2 Å². The smallest absolute Gasteiger partial charge is 0.205 e. The summed E-state index contributed by atoms with van der Waals surface area (Å²) in [6, 6.07) is 6.25. The molecule has 0 aliphatic carbocycles. The first kappa shape index (κ1) is 13.7. The summed E-state index contributed by atoms with van der Waals surface area (Å²) in [5, 5.41) is 0. The largest absolute Gasteiger partial charge is 0.237 e. The number of nitrogens with zero attached hydrogens (tertiary/aromatic N) is 1. The molecule has 0 spiro atoms. The van der Waals surface area contributed by atoms with Gasteiger partial charge in [-0.1, -0.05) is 45.0 Å². The zero-order chi connectivity index (χ0) is 11.9. The Hall–Kier alpha value is -1.34. The highest BCUT2D eigenvalue weighted by molar-refractivity contribution is 7.91. The highest BCUT2D eigenvalue weighted by atomic mass is 32.2. The number of hydrogen-bond acceptors (Lipinski definition) is 2. The Labute approximate surface area is 91.5 Å². The Kier molecular flexibility index (Phi) is 5.65. The summed E-state index contributed by atoms with van der Waals surface area (Å²) in [6.07, 6.45) is 0.